The Balaban J connectivity index is 1.60. The third kappa shape index (κ3) is 5.52. The predicted molar refractivity (Wildman–Crippen MR) is 124 cm³/mol. The molecule has 1 saturated heterocycles. The molecule has 5 N–H and O–H groups in total. The predicted octanol–water partition coefficient (Wildman–Crippen LogP) is 1.56. The van der Waals surface area contributed by atoms with Crippen molar-refractivity contribution in [1.29, 1.82) is 5.26 Å². The first kappa shape index (κ1) is 25.2. The molecule has 3 aromatic rings. The third-order valence-electron chi connectivity index (χ3n) is 5.76. The first-order chi connectivity index (χ1) is 16.6. The average molecular weight is 503 g/mol. The minimum atomic E-state index is -4.39. The monoisotopic (exact) mass is 503 g/mol. The minimum Gasteiger partial charge on any atom is -0.387 e. The molecule has 35 heavy (non-hydrogen) atoms. The number of aromatic nitrogens is 3. The number of benzene rings is 1. The summed E-state index contributed by atoms with van der Waals surface area (Å²) in [6.45, 7) is 3.63. The van der Waals surface area contributed by atoms with Crippen LogP contribution in [0.1, 0.15) is 36.1 Å². The van der Waals surface area contributed by atoms with Crippen LogP contribution in [-0.4, -0.2) is 65.8 Å². The van der Waals surface area contributed by atoms with Gasteiger partial charge in [-0.15, -0.1) is 0 Å². The molecule has 0 unspecified atom stereocenters. The maximum Gasteiger partial charge on any atom is 0.350 e. The van der Waals surface area contributed by atoms with Crippen LogP contribution in [0.5, 0.6) is 0 Å². The van der Waals surface area contributed by atoms with Gasteiger partial charge in [-0.2, -0.15) is 5.26 Å². The molecule has 0 radical (unpaired) electrons. The van der Waals surface area contributed by atoms with E-state index in [1.807, 2.05) is 44.2 Å². The molecule has 1 fully saturated rings. The molecule has 0 saturated carbocycles. The van der Waals surface area contributed by atoms with Crippen LogP contribution in [0.2, 0.25) is 0 Å². The second kappa shape index (κ2) is 10.0. The van der Waals surface area contributed by atoms with Gasteiger partial charge in [-0.3, -0.25) is 4.57 Å². The standard InChI is InChI=1S/C22H26N5O7P/c1-12-3-5-14(6-4-12)13(2)24-20-15-7-8-27(21(15)26-17(9-23)25-20)22-19(29)18(28)16(34-22)10-33-11-35(30,31)32/h3-8,13,16,18-19,22,28-29H,10-11H2,1-2H3,(H,24,25,26)(H2,30,31,32)/t13-,16+,18+,19+,22+/m0/s1. The van der Waals surface area contributed by atoms with E-state index >= 15 is 0 Å². The van der Waals surface area contributed by atoms with Gasteiger partial charge in [0.25, 0.3) is 0 Å². The number of ether oxygens (including phenoxy) is 2. The Hall–Kier alpha value is -2.88. The first-order valence-corrected chi connectivity index (χ1v) is 12.6. The van der Waals surface area contributed by atoms with E-state index in [2.05, 4.69) is 15.3 Å². The normalized spacial score (nSPS) is 23.3. The van der Waals surface area contributed by atoms with Crippen molar-refractivity contribution in [1.82, 2.24) is 14.5 Å². The van der Waals surface area contributed by atoms with Gasteiger partial charge in [0.15, 0.2) is 6.23 Å². The fourth-order valence-electron chi connectivity index (χ4n) is 3.93. The zero-order valence-corrected chi connectivity index (χ0v) is 19.9. The summed E-state index contributed by atoms with van der Waals surface area (Å²) in [4.78, 5) is 26.5. The highest BCUT2D eigenvalue weighted by Gasteiger charge is 2.44. The molecule has 2 aromatic heterocycles. The zero-order valence-electron chi connectivity index (χ0n) is 19.0. The van der Waals surface area contributed by atoms with E-state index in [9.17, 15) is 20.0 Å². The van der Waals surface area contributed by atoms with Gasteiger partial charge in [-0.1, -0.05) is 29.8 Å². The van der Waals surface area contributed by atoms with Crippen molar-refractivity contribution in [3.05, 3.63) is 53.5 Å². The molecule has 0 aliphatic carbocycles. The lowest BCUT2D eigenvalue weighted by Gasteiger charge is -2.19. The van der Waals surface area contributed by atoms with Gasteiger partial charge in [0.1, 0.15) is 42.2 Å². The van der Waals surface area contributed by atoms with E-state index in [0.29, 0.717) is 16.9 Å². The number of nitriles is 1. The maximum absolute atomic E-state index is 11.0. The minimum absolute atomic E-state index is 0.0920. The van der Waals surface area contributed by atoms with E-state index in [1.54, 1.807) is 12.3 Å². The van der Waals surface area contributed by atoms with E-state index in [1.165, 1.54) is 4.57 Å². The molecule has 12 nitrogen and oxygen atoms in total. The second-order valence-electron chi connectivity index (χ2n) is 8.46. The highest BCUT2D eigenvalue weighted by atomic mass is 31.2. The van der Waals surface area contributed by atoms with Crippen LogP contribution < -0.4 is 5.32 Å². The summed E-state index contributed by atoms with van der Waals surface area (Å²) in [6.07, 6.45) is -4.09. The highest BCUT2D eigenvalue weighted by Crippen LogP contribution is 2.36. The molecule has 4 rings (SSSR count). The van der Waals surface area contributed by atoms with Crippen molar-refractivity contribution in [2.24, 2.45) is 0 Å². The quantitative estimate of drug-likeness (QED) is 0.281. The number of fused-ring (bicyclic) bond motifs is 1. The Morgan fingerprint density at radius 1 is 1.23 bits per heavy atom. The van der Waals surface area contributed by atoms with Gasteiger partial charge >= 0.3 is 7.60 Å². The Bertz CT molecular complexity index is 1290. The lowest BCUT2D eigenvalue weighted by Crippen LogP contribution is -2.33. The van der Waals surface area contributed by atoms with Crippen LogP contribution in [0, 0.1) is 18.3 Å². The number of aryl methyl sites for hydroxylation is 1. The topological polar surface area (TPSA) is 183 Å². The Kier molecular flexibility index (Phi) is 7.21. The lowest BCUT2D eigenvalue weighted by molar-refractivity contribution is -0.0610. The molecule has 1 aromatic carbocycles. The number of rotatable bonds is 8. The van der Waals surface area contributed by atoms with E-state index in [-0.39, 0.29) is 18.5 Å². The number of hydrogen-bond donors (Lipinski definition) is 5. The summed E-state index contributed by atoms with van der Waals surface area (Å²) in [5.41, 5.74) is 2.47. The summed E-state index contributed by atoms with van der Waals surface area (Å²) < 4.78 is 23.2. The van der Waals surface area contributed by atoms with Crippen molar-refractivity contribution < 1.29 is 34.0 Å². The average Bonchev–Trinajstić information content (AvgIpc) is 3.35. The highest BCUT2D eigenvalue weighted by molar-refractivity contribution is 7.51. The van der Waals surface area contributed by atoms with Gasteiger partial charge in [0, 0.05) is 12.2 Å². The van der Waals surface area contributed by atoms with Gasteiger partial charge < -0.3 is 39.4 Å². The molecule has 186 valence electrons. The molecule has 5 atom stereocenters. The summed E-state index contributed by atoms with van der Waals surface area (Å²) in [7, 11) is -4.39. The van der Waals surface area contributed by atoms with Crippen LogP contribution in [0.4, 0.5) is 5.82 Å². The summed E-state index contributed by atoms with van der Waals surface area (Å²) in [6, 6.07) is 11.5. The van der Waals surface area contributed by atoms with Crippen LogP contribution in [0.25, 0.3) is 11.0 Å². The second-order valence-corrected chi connectivity index (χ2v) is 10.0. The van der Waals surface area contributed by atoms with Crippen LogP contribution >= 0.6 is 7.60 Å². The zero-order chi connectivity index (χ0) is 25.3. The van der Waals surface area contributed by atoms with Crippen molar-refractivity contribution in [3.63, 3.8) is 0 Å². The SMILES string of the molecule is Cc1ccc([C@H](C)Nc2nc(C#N)nc3c2ccn3[C@@H]2O[C@H](COCP(=O)(O)O)[C@@H](O)[C@H]2O)cc1. The number of aliphatic hydroxyl groups excluding tert-OH is 2. The molecule has 3 heterocycles. The lowest BCUT2D eigenvalue weighted by atomic mass is 10.1. The Labute approximate surface area is 200 Å². The first-order valence-electron chi connectivity index (χ1n) is 10.8. The van der Waals surface area contributed by atoms with Crippen LogP contribution in [0.15, 0.2) is 36.5 Å². The Morgan fingerprint density at radius 3 is 2.60 bits per heavy atom. The van der Waals surface area contributed by atoms with Crippen LogP contribution in [-0.2, 0) is 14.0 Å². The molecule has 1 aliphatic rings. The van der Waals surface area contributed by atoms with Gasteiger partial charge in [-0.05, 0) is 25.5 Å². The molecule has 0 bridgehead atoms. The van der Waals surface area contributed by atoms with E-state index < -0.39 is 38.5 Å². The fraction of sp³-hybridized carbons (Fsp3) is 0.409. The number of nitrogens with one attached hydrogen (secondary N) is 1. The van der Waals surface area contributed by atoms with Gasteiger partial charge in [0.05, 0.1) is 12.0 Å². The van der Waals surface area contributed by atoms with Crippen molar-refractivity contribution in [3.8, 4) is 6.07 Å². The van der Waals surface area contributed by atoms with E-state index in [4.69, 9.17) is 19.3 Å². The number of aliphatic hydroxyl groups is 2. The number of nitrogens with zero attached hydrogens (tertiary/aromatic N) is 4. The number of anilines is 1. The van der Waals surface area contributed by atoms with Crippen molar-refractivity contribution >= 4 is 24.4 Å². The summed E-state index contributed by atoms with van der Waals surface area (Å²) in [5, 5.41) is 34.4. The fourth-order valence-corrected chi connectivity index (χ4v) is 4.27. The number of hydrogen-bond acceptors (Lipinski definition) is 9. The maximum atomic E-state index is 11.0. The molecule has 1 aliphatic heterocycles. The molecular formula is C22H26N5O7P. The van der Waals surface area contributed by atoms with Crippen LogP contribution in [0.3, 0.4) is 0 Å². The smallest absolute Gasteiger partial charge is 0.350 e. The largest absolute Gasteiger partial charge is 0.387 e. The molecule has 0 spiro atoms. The molecule has 0 amide bonds. The molecule has 13 heteroatoms. The summed E-state index contributed by atoms with van der Waals surface area (Å²) in [5.74, 6) is 0.332. The summed E-state index contributed by atoms with van der Waals surface area (Å²) >= 11 is 0. The Morgan fingerprint density at radius 2 is 1.94 bits per heavy atom. The third-order valence-corrected chi connectivity index (χ3v) is 6.27. The molecular weight excluding hydrogens is 477 g/mol. The van der Waals surface area contributed by atoms with Gasteiger partial charge in [-0.25, -0.2) is 9.97 Å². The van der Waals surface area contributed by atoms with Gasteiger partial charge in [0.2, 0.25) is 5.82 Å². The van der Waals surface area contributed by atoms with Crippen molar-refractivity contribution in [2.75, 3.05) is 18.3 Å². The van der Waals surface area contributed by atoms with E-state index in [0.717, 1.165) is 11.1 Å². The van der Waals surface area contributed by atoms with Crippen molar-refractivity contribution in [2.45, 2.75) is 44.4 Å².